The number of aromatic nitrogens is 2. The van der Waals surface area contributed by atoms with Crippen molar-refractivity contribution in [3.8, 4) is 10.4 Å². The van der Waals surface area contributed by atoms with E-state index in [1.165, 1.54) is 16.2 Å². The zero-order chi connectivity index (χ0) is 54.8. The molecule has 1 aliphatic carbocycles. The van der Waals surface area contributed by atoms with Crippen LogP contribution in [0.2, 0.25) is 0 Å². The number of H-pyrrole nitrogens is 1. The van der Waals surface area contributed by atoms with Crippen LogP contribution in [0.3, 0.4) is 0 Å². The zero-order valence-corrected chi connectivity index (χ0v) is 47.1. The van der Waals surface area contributed by atoms with Crippen molar-refractivity contribution in [2.75, 3.05) is 50.7 Å². The summed E-state index contributed by atoms with van der Waals surface area (Å²) in [7, 11) is 0. The van der Waals surface area contributed by atoms with Gasteiger partial charge in [-0.25, -0.2) is 9.83 Å². The zero-order valence-electron chi connectivity index (χ0n) is 46.3. The average molecular weight is 1060 g/mol. The fourth-order valence-electron chi connectivity index (χ4n) is 12.5. The second-order valence-electron chi connectivity index (χ2n) is 23.7. The first-order chi connectivity index (χ1) is 36.9. The number of nitrogens with zero attached hydrogens (tertiary/aromatic N) is 6. The molecule has 3 amide bonds. The van der Waals surface area contributed by atoms with Gasteiger partial charge in [0.15, 0.2) is 11.5 Å². The van der Waals surface area contributed by atoms with Crippen LogP contribution in [0.5, 0.6) is 0 Å². The first-order valence-corrected chi connectivity index (χ1v) is 29.0. The number of aliphatic hydroxyl groups excluding tert-OH is 1. The van der Waals surface area contributed by atoms with E-state index in [1.54, 1.807) is 17.4 Å². The molecule has 3 fully saturated rings. The molecule has 0 bridgehead atoms. The third kappa shape index (κ3) is 12.0. The number of benzene rings is 3. The maximum absolute atomic E-state index is 14.2. The van der Waals surface area contributed by atoms with Gasteiger partial charge in [-0.3, -0.25) is 28.9 Å². The number of piperidine rings is 1. The van der Waals surface area contributed by atoms with Crippen LogP contribution in [0.1, 0.15) is 156 Å². The Balaban J connectivity index is 0.673. The number of aryl methyl sites for hydroxylation is 2. The number of likely N-dealkylation sites (tertiary alicyclic amines) is 1. The molecule has 3 atom stereocenters. The highest BCUT2D eigenvalue weighted by Crippen LogP contribution is 2.46. The molecule has 77 heavy (non-hydrogen) atoms. The molecule has 0 unspecified atom stereocenters. The van der Waals surface area contributed by atoms with E-state index >= 15 is 0 Å². The minimum Gasteiger partial charge on any atom is -0.391 e. The molecule has 3 saturated heterocycles. The summed E-state index contributed by atoms with van der Waals surface area (Å²) in [6, 6.07) is 17.6. The monoisotopic (exact) mass is 1060 g/mol. The molecule has 408 valence electrons. The largest absolute Gasteiger partial charge is 0.391 e. The summed E-state index contributed by atoms with van der Waals surface area (Å²) in [5.74, 6) is -0.896. The average Bonchev–Trinajstić information content (AvgIpc) is 4.24. The third-order valence-corrected chi connectivity index (χ3v) is 18.2. The normalized spacial score (nSPS) is 19.3. The molecule has 3 aromatic carbocycles. The van der Waals surface area contributed by atoms with Gasteiger partial charge in [-0.05, 0) is 84.9 Å². The number of amides is 3. The molecule has 9 rings (SSSR count). The number of hydrogen-bond acceptors (Lipinski definition) is 10. The van der Waals surface area contributed by atoms with Crippen LogP contribution in [0.4, 0.5) is 11.4 Å². The van der Waals surface area contributed by atoms with Crippen LogP contribution < -0.4 is 10.2 Å². The van der Waals surface area contributed by atoms with Gasteiger partial charge < -0.3 is 30.1 Å². The SMILES string of the molecule is [C-]#[N+]c1ccc2c3c([nH]c2c1)C(C)(C)c1cc(N2CCC(N4CCN(C(=O)CCCCCCCC(=O)C[C@H](C(=O)N5C[C@H](O)C[C@H]5C(=O)NCc5ccc(-c6scnc6C)cc5)C(C)(C)C)CC4)CC2)c(CC)cc1C3=O. The van der Waals surface area contributed by atoms with Crippen molar-refractivity contribution < 1.29 is 29.1 Å². The molecule has 14 nitrogen and oxygen atoms in total. The van der Waals surface area contributed by atoms with Gasteiger partial charge >= 0.3 is 0 Å². The summed E-state index contributed by atoms with van der Waals surface area (Å²) in [5, 5.41) is 14.5. The van der Waals surface area contributed by atoms with E-state index in [0.29, 0.717) is 31.1 Å². The summed E-state index contributed by atoms with van der Waals surface area (Å²) in [5.41, 5.74) is 11.1. The van der Waals surface area contributed by atoms with Crippen LogP contribution in [-0.4, -0.2) is 123 Å². The van der Waals surface area contributed by atoms with Crippen molar-refractivity contribution in [1.29, 1.82) is 0 Å². The number of carbonyl (C=O) groups is 5. The number of ketones is 2. The number of anilines is 1. The number of aromatic amines is 1. The molecule has 3 aliphatic heterocycles. The predicted octanol–water partition coefficient (Wildman–Crippen LogP) is 10.3. The number of nitrogens with one attached hydrogen (secondary N) is 2. The molecule has 3 N–H and O–H groups in total. The molecule has 5 aromatic rings. The van der Waals surface area contributed by atoms with Crippen LogP contribution in [0.15, 0.2) is 60.1 Å². The molecule has 4 aliphatic rings. The smallest absolute Gasteiger partial charge is 0.243 e. The number of rotatable bonds is 18. The van der Waals surface area contributed by atoms with Gasteiger partial charge in [0, 0.05) is 123 Å². The highest BCUT2D eigenvalue weighted by Gasteiger charge is 2.45. The van der Waals surface area contributed by atoms with E-state index in [0.717, 1.165) is 146 Å². The van der Waals surface area contributed by atoms with E-state index in [-0.39, 0.29) is 48.7 Å². The highest BCUT2D eigenvalue weighted by atomic mass is 32.1. The molecule has 15 heteroatoms. The van der Waals surface area contributed by atoms with Gasteiger partial charge in [0.05, 0.1) is 34.3 Å². The Morgan fingerprint density at radius 2 is 1.64 bits per heavy atom. The summed E-state index contributed by atoms with van der Waals surface area (Å²) in [6.07, 6.45) is 7.55. The number of aliphatic hydroxyl groups is 1. The van der Waals surface area contributed by atoms with E-state index < -0.39 is 28.9 Å². The van der Waals surface area contributed by atoms with Crippen molar-refractivity contribution in [2.45, 2.75) is 156 Å². The number of hydrogen-bond donors (Lipinski definition) is 3. The lowest BCUT2D eigenvalue weighted by atomic mass is 9.70. The van der Waals surface area contributed by atoms with Crippen molar-refractivity contribution in [1.82, 2.24) is 30.0 Å². The van der Waals surface area contributed by atoms with Crippen LogP contribution >= 0.6 is 11.3 Å². The molecule has 0 saturated carbocycles. The summed E-state index contributed by atoms with van der Waals surface area (Å²) in [4.78, 5) is 89.8. The van der Waals surface area contributed by atoms with E-state index in [9.17, 15) is 29.1 Å². The van der Waals surface area contributed by atoms with Crippen molar-refractivity contribution in [3.05, 3.63) is 111 Å². The van der Waals surface area contributed by atoms with Gasteiger partial charge in [-0.15, -0.1) is 11.3 Å². The fraction of sp³-hybridized carbons (Fsp3) is 0.532. The van der Waals surface area contributed by atoms with Gasteiger partial charge in [0.2, 0.25) is 17.7 Å². The lowest BCUT2D eigenvalue weighted by Crippen LogP contribution is -2.54. The molecule has 0 spiro atoms. The standard InChI is InChI=1S/C62H78N8O6S/c1-9-41-31-48-49(62(6,7)58-55(56(48)74)47-22-21-43(63-8)32-51(47)66-58)35-52(41)68-25-23-44(24-26-68)67-27-29-69(30-28-67)54(73)16-14-12-10-11-13-15-45(71)33-50(61(3,4)5)60(76)70-37-46(72)34-53(70)59(75)64-36-40-17-19-42(20-18-40)57-39(2)65-38-77-57/h17-22,31-32,35,38,44,46,50,53,66,72H,9-16,23-30,33-34,36-37H2,1-7H3,(H,64,75)/t46-,50-,53+/m1/s1. The molecular formula is C62H78N8O6S. The number of β-amino-alcohol motifs (C(OH)–C–C–N with tert-alkyl or cyclic N) is 1. The molecule has 2 aromatic heterocycles. The van der Waals surface area contributed by atoms with Gasteiger partial charge in [0.25, 0.3) is 0 Å². The highest BCUT2D eigenvalue weighted by molar-refractivity contribution is 7.13. The Kier molecular flexibility index (Phi) is 16.9. The van der Waals surface area contributed by atoms with Gasteiger partial charge in [-0.2, -0.15) is 0 Å². The predicted molar refractivity (Wildman–Crippen MR) is 304 cm³/mol. The van der Waals surface area contributed by atoms with E-state index in [2.05, 4.69) is 62.8 Å². The molecule has 5 heterocycles. The maximum atomic E-state index is 14.2. The van der Waals surface area contributed by atoms with Crippen LogP contribution in [0.25, 0.3) is 26.2 Å². The van der Waals surface area contributed by atoms with Crippen molar-refractivity contribution in [3.63, 3.8) is 0 Å². The Bertz CT molecular complexity index is 3040. The summed E-state index contributed by atoms with van der Waals surface area (Å²) in [6.45, 7) is 27.4. The van der Waals surface area contributed by atoms with Crippen LogP contribution in [0, 0.1) is 24.8 Å². The first-order valence-electron chi connectivity index (χ1n) is 28.2. The molecular weight excluding hydrogens is 985 g/mol. The van der Waals surface area contributed by atoms with Crippen LogP contribution in [-0.2, 0) is 37.6 Å². The Labute approximate surface area is 458 Å². The lowest BCUT2D eigenvalue weighted by molar-refractivity contribution is -0.146. The van der Waals surface area contributed by atoms with Crippen molar-refractivity contribution in [2.24, 2.45) is 11.3 Å². The van der Waals surface area contributed by atoms with E-state index in [4.69, 9.17) is 6.57 Å². The minimum absolute atomic E-state index is 0.0306. The maximum Gasteiger partial charge on any atom is 0.243 e. The second-order valence-corrected chi connectivity index (χ2v) is 24.5. The first kappa shape index (κ1) is 55.5. The van der Waals surface area contributed by atoms with Crippen molar-refractivity contribution >= 4 is 62.9 Å². The lowest BCUT2D eigenvalue weighted by Gasteiger charge is -2.44. The number of fused-ring (bicyclic) bond motifs is 4. The topological polar surface area (TPSA) is 164 Å². The van der Waals surface area contributed by atoms with Gasteiger partial charge in [0.1, 0.15) is 11.8 Å². The summed E-state index contributed by atoms with van der Waals surface area (Å²) < 4.78 is 0. The Hall–Kier alpha value is -6.21. The number of Topliss-reactive ketones (excluding diaryl/α,β-unsaturated/α-hetero) is 1. The third-order valence-electron chi connectivity index (χ3n) is 17.2. The Morgan fingerprint density at radius 1 is 0.935 bits per heavy atom. The number of thiazole rings is 1. The Morgan fingerprint density at radius 3 is 2.30 bits per heavy atom. The van der Waals surface area contributed by atoms with Gasteiger partial charge in [-0.1, -0.05) is 97.2 Å². The quantitative estimate of drug-likeness (QED) is 0.0573. The fourth-order valence-corrected chi connectivity index (χ4v) is 13.3. The number of unbranched alkanes of at least 4 members (excludes halogenated alkanes) is 4. The van der Waals surface area contributed by atoms with E-state index in [1.807, 2.05) is 74.5 Å². The minimum atomic E-state index is -0.817. The molecule has 0 radical (unpaired) electrons. The summed E-state index contributed by atoms with van der Waals surface area (Å²) >= 11 is 1.59. The number of carbonyl (C=O) groups excluding carboxylic acids is 5. The second kappa shape index (κ2) is 23.4. The number of piperazine rings is 1.